The molecule has 1 aromatic carbocycles. The summed E-state index contributed by atoms with van der Waals surface area (Å²) in [5, 5.41) is 13.4. The van der Waals surface area contributed by atoms with Gasteiger partial charge in [0.25, 0.3) is 0 Å². The van der Waals surface area contributed by atoms with Gasteiger partial charge in [0.2, 0.25) is 5.13 Å². The van der Waals surface area contributed by atoms with Crippen molar-refractivity contribution in [1.82, 2.24) is 10.2 Å². The largest absolute Gasteiger partial charge is 0.357 e. The number of aromatic nitrogens is 2. The van der Waals surface area contributed by atoms with E-state index in [1.807, 2.05) is 12.1 Å². The zero-order valence-electron chi connectivity index (χ0n) is 9.90. The summed E-state index contributed by atoms with van der Waals surface area (Å²) in [6.45, 7) is 4.32. The molecule has 0 aliphatic carbocycles. The highest BCUT2D eigenvalue weighted by Crippen LogP contribution is 2.31. The molecule has 19 heavy (non-hydrogen) atoms. The predicted molar refractivity (Wildman–Crippen MR) is 84.6 cm³/mol. The number of thioether (sulfide) groups is 1. The van der Waals surface area contributed by atoms with Crippen molar-refractivity contribution in [1.29, 1.82) is 0 Å². The minimum absolute atomic E-state index is 0.644. The molecule has 0 aliphatic rings. The number of anilines is 1. The highest BCUT2D eigenvalue weighted by molar-refractivity contribution is 8.00. The summed E-state index contributed by atoms with van der Waals surface area (Å²) in [7, 11) is 0. The van der Waals surface area contributed by atoms with Crippen molar-refractivity contribution in [2.45, 2.75) is 10.1 Å². The third kappa shape index (κ3) is 4.38. The van der Waals surface area contributed by atoms with E-state index in [0.29, 0.717) is 16.6 Å². The van der Waals surface area contributed by atoms with Gasteiger partial charge in [-0.1, -0.05) is 58.4 Å². The molecule has 3 nitrogen and oxygen atoms in total. The monoisotopic (exact) mass is 331 g/mol. The number of hydrogen-bond donors (Lipinski definition) is 1. The van der Waals surface area contributed by atoms with E-state index < -0.39 is 0 Å². The Labute approximate surface area is 130 Å². The molecule has 0 spiro atoms. The second-order valence-electron chi connectivity index (χ2n) is 3.57. The SMILES string of the molecule is C=CCNc1nnc(SCc2ccc(Cl)cc2Cl)s1. The van der Waals surface area contributed by atoms with E-state index >= 15 is 0 Å². The summed E-state index contributed by atoms with van der Waals surface area (Å²) >= 11 is 15.1. The van der Waals surface area contributed by atoms with Crippen LogP contribution in [-0.2, 0) is 5.75 Å². The maximum atomic E-state index is 6.12. The molecule has 0 saturated heterocycles. The molecule has 1 N–H and O–H groups in total. The lowest BCUT2D eigenvalue weighted by atomic mass is 10.2. The maximum Gasteiger partial charge on any atom is 0.206 e. The van der Waals surface area contributed by atoms with Gasteiger partial charge in [0.15, 0.2) is 4.34 Å². The van der Waals surface area contributed by atoms with Crippen LogP contribution in [0.3, 0.4) is 0 Å². The minimum atomic E-state index is 0.644. The Bertz CT molecular complexity index is 572. The van der Waals surface area contributed by atoms with E-state index in [-0.39, 0.29) is 0 Å². The predicted octanol–water partition coefficient (Wildman–Crippen LogP) is 4.74. The number of halogens is 2. The second kappa shape index (κ2) is 7.14. The molecule has 0 aliphatic heterocycles. The third-order valence-corrected chi connectivity index (χ3v) is 4.82. The molecule has 0 amide bonds. The number of nitrogens with zero attached hydrogens (tertiary/aromatic N) is 2. The Balaban J connectivity index is 1.94. The van der Waals surface area contributed by atoms with Gasteiger partial charge in [-0.2, -0.15) is 0 Å². The van der Waals surface area contributed by atoms with Crippen molar-refractivity contribution in [3.8, 4) is 0 Å². The summed E-state index contributed by atoms with van der Waals surface area (Å²) in [6.07, 6.45) is 1.78. The number of hydrogen-bond acceptors (Lipinski definition) is 5. The first-order valence-corrected chi connectivity index (χ1v) is 8.00. The van der Waals surface area contributed by atoms with Crippen molar-refractivity contribution in [3.63, 3.8) is 0 Å². The van der Waals surface area contributed by atoms with Crippen LogP contribution < -0.4 is 5.32 Å². The summed E-state index contributed by atoms with van der Waals surface area (Å²) in [4.78, 5) is 0. The fraction of sp³-hybridized carbons (Fsp3) is 0.167. The number of nitrogens with one attached hydrogen (secondary N) is 1. The molecule has 0 bridgehead atoms. The van der Waals surface area contributed by atoms with Crippen molar-refractivity contribution in [2.75, 3.05) is 11.9 Å². The fourth-order valence-electron chi connectivity index (χ4n) is 1.28. The standard InChI is InChI=1S/C12H11Cl2N3S2/c1-2-5-15-11-16-17-12(19-11)18-7-8-3-4-9(13)6-10(8)14/h2-4,6H,1,5,7H2,(H,15,16). The minimum Gasteiger partial charge on any atom is -0.357 e. The van der Waals surface area contributed by atoms with E-state index in [1.165, 1.54) is 11.3 Å². The van der Waals surface area contributed by atoms with E-state index in [4.69, 9.17) is 23.2 Å². The summed E-state index contributed by atoms with van der Waals surface area (Å²) in [6, 6.07) is 5.51. The van der Waals surface area contributed by atoms with Crippen LogP contribution in [0.15, 0.2) is 35.2 Å². The molecule has 0 atom stereocenters. The van der Waals surface area contributed by atoms with E-state index in [0.717, 1.165) is 20.8 Å². The van der Waals surface area contributed by atoms with Crippen molar-refractivity contribution < 1.29 is 0 Å². The molecule has 1 heterocycles. The molecular weight excluding hydrogens is 321 g/mol. The molecular formula is C12H11Cl2N3S2. The topological polar surface area (TPSA) is 37.8 Å². The first kappa shape index (κ1) is 14.7. The Morgan fingerprint density at radius 3 is 2.95 bits per heavy atom. The van der Waals surface area contributed by atoms with Gasteiger partial charge in [0.05, 0.1) is 0 Å². The molecule has 7 heteroatoms. The van der Waals surface area contributed by atoms with Gasteiger partial charge in [-0.3, -0.25) is 0 Å². The van der Waals surface area contributed by atoms with Crippen LogP contribution in [0.2, 0.25) is 10.0 Å². The van der Waals surface area contributed by atoms with Crippen LogP contribution in [0.5, 0.6) is 0 Å². The Kier molecular flexibility index (Phi) is 5.51. The van der Waals surface area contributed by atoms with Gasteiger partial charge in [0, 0.05) is 22.3 Å². The fourth-order valence-corrected chi connectivity index (χ4v) is 3.59. The average molecular weight is 332 g/mol. The van der Waals surface area contributed by atoms with Crippen molar-refractivity contribution >= 4 is 51.4 Å². The molecule has 100 valence electrons. The van der Waals surface area contributed by atoms with E-state index in [2.05, 4.69) is 22.1 Å². The van der Waals surface area contributed by atoms with Crippen LogP contribution in [0.1, 0.15) is 5.56 Å². The zero-order chi connectivity index (χ0) is 13.7. The van der Waals surface area contributed by atoms with Gasteiger partial charge in [-0.05, 0) is 17.7 Å². The first-order chi connectivity index (χ1) is 9.19. The lowest BCUT2D eigenvalue weighted by molar-refractivity contribution is 1.01. The van der Waals surface area contributed by atoms with Crippen LogP contribution in [0.4, 0.5) is 5.13 Å². The molecule has 0 unspecified atom stereocenters. The number of benzene rings is 1. The Morgan fingerprint density at radius 2 is 2.21 bits per heavy atom. The lowest BCUT2D eigenvalue weighted by Crippen LogP contribution is -1.96. The average Bonchev–Trinajstić information content (AvgIpc) is 2.83. The summed E-state index contributed by atoms with van der Waals surface area (Å²) < 4.78 is 0.901. The van der Waals surface area contributed by atoms with Gasteiger partial charge >= 0.3 is 0 Å². The highest BCUT2D eigenvalue weighted by atomic mass is 35.5. The molecule has 2 rings (SSSR count). The Hall–Kier alpha value is -0.750. The second-order valence-corrected chi connectivity index (χ2v) is 6.61. The van der Waals surface area contributed by atoms with Gasteiger partial charge in [0.1, 0.15) is 0 Å². The van der Waals surface area contributed by atoms with Crippen LogP contribution in [-0.4, -0.2) is 16.7 Å². The van der Waals surface area contributed by atoms with Crippen molar-refractivity contribution in [3.05, 3.63) is 46.5 Å². The normalized spacial score (nSPS) is 10.4. The molecule has 1 aromatic heterocycles. The lowest BCUT2D eigenvalue weighted by Gasteiger charge is -2.02. The van der Waals surface area contributed by atoms with E-state index in [9.17, 15) is 0 Å². The van der Waals surface area contributed by atoms with Crippen LogP contribution >= 0.6 is 46.3 Å². The van der Waals surface area contributed by atoms with Crippen LogP contribution in [0.25, 0.3) is 0 Å². The quantitative estimate of drug-likeness (QED) is 0.613. The maximum absolute atomic E-state index is 6.12. The highest BCUT2D eigenvalue weighted by Gasteiger charge is 2.06. The van der Waals surface area contributed by atoms with Crippen molar-refractivity contribution in [2.24, 2.45) is 0 Å². The van der Waals surface area contributed by atoms with Crippen LogP contribution in [0, 0.1) is 0 Å². The van der Waals surface area contributed by atoms with Gasteiger partial charge in [-0.15, -0.1) is 16.8 Å². The molecule has 0 radical (unpaired) electrons. The zero-order valence-corrected chi connectivity index (χ0v) is 13.0. The van der Waals surface area contributed by atoms with Gasteiger partial charge in [-0.25, -0.2) is 0 Å². The Morgan fingerprint density at radius 1 is 1.37 bits per heavy atom. The number of rotatable bonds is 6. The summed E-state index contributed by atoms with van der Waals surface area (Å²) in [5.74, 6) is 0.742. The van der Waals surface area contributed by atoms with E-state index in [1.54, 1.807) is 23.9 Å². The molecule has 0 fully saturated rings. The van der Waals surface area contributed by atoms with Gasteiger partial charge < -0.3 is 5.32 Å². The molecule has 0 saturated carbocycles. The molecule has 2 aromatic rings. The third-order valence-electron chi connectivity index (χ3n) is 2.17. The smallest absolute Gasteiger partial charge is 0.206 e. The summed E-state index contributed by atoms with van der Waals surface area (Å²) in [5.41, 5.74) is 1.03. The first-order valence-electron chi connectivity index (χ1n) is 5.44.